The van der Waals surface area contributed by atoms with Gasteiger partial charge in [0.1, 0.15) is 29.8 Å². The van der Waals surface area contributed by atoms with Crippen molar-refractivity contribution >= 4 is 29.2 Å². The summed E-state index contributed by atoms with van der Waals surface area (Å²) in [6.45, 7) is -0.717. The van der Waals surface area contributed by atoms with Gasteiger partial charge in [0.15, 0.2) is 0 Å². The van der Waals surface area contributed by atoms with Crippen LogP contribution >= 0.6 is 11.6 Å². The number of carbonyl (C=O) groups excluding carboxylic acids is 1. The maximum Gasteiger partial charge on any atom is 0.417 e. The van der Waals surface area contributed by atoms with Crippen LogP contribution in [-0.4, -0.2) is 42.9 Å². The van der Waals surface area contributed by atoms with Crippen LogP contribution in [0.1, 0.15) is 28.0 Å². The molecule has 2 aliphatic heterocycles. The smallest absolute Gasteiger partial charge is 0.417 e. The molecule has 3 heterocycles. The first-order valence-corrected chi connectivity index (χ1v) is 10.4. The highest BCUT2D eigenvalue weighted by Gasteiger charge is 2.52. The van der Waals surface area contributed by atoms with E-state index in [9.17, 15) is 26.7 Å². The number of aliphatic imine (C=N–C) groups is 1. The third-order valence-corrected chi connectivity index (χ3v) is 6.05. The molecule has 1 amide bonds. The normalized spacial score (nSPS) is 24.6. The summed E-state index contributed by atoms with van der Waals surface area (Å²) in [5.74, 6) is -2.44. The molecule has 0 radical (unpaired) electrons. The van der Waals surface area contributed by atoms with Gasteiger partial charge in [-0.2, -0.15) is 13.2 Å². The zero-order chi connectivity index (χ0) is 24.7. The SMILES string of the molecule is NC1=N[C@](CF)(c2cc(NC(=O)c3ncc(C(F)(F)F)cc3Cl)ccc2F)[C@H]2COCC[C@H]2O1. The number of hydrogen-bond acceptors (Lipinski definition) is 6. The van der Waals surface area contributed by atoms with E-state index in [0.717, 1.165) is 6.07 Å². The lowest BCUT2D eigenvalue weighted by atomic mass is 9.74. The van der Waals surface area contributed by atoms with Crippen molar-refractivity contribution in [2.75, 3.05) is 25.2 Å². The van der Waals surface area contributed by atoms with Crippen molar-refractivity contribution in [2.24, 2.45) is 16.6 Å². The average molecular weight is 505 g/mol. The predicted molar refractivity (Wildman–Crippen MR) is 112 cm³/mol. The second kappa shape index (κ2) is 8.99. The molecule has 13 heteroatoms. The highest BCUT2D eigenvalue weighted by atomic mass is 35.5. The van der Waals surface area contributed by atoms with E-state index in [1.807, 2.05) is 0 Å². The van der Waals surface area contributed by atoms with Gasteiger partial charge in [-0.3, -0.25) is 4.79 Å². The van der Waals surface area contributed by atoms with Crippen molar-refractivity contribution in [3.05, 3.63) is 58.1 Å². The van der Waals surface area contributed by atoms with E-state index < -0.39 is 58.4 Å². The second-order valence-corrected chi connectivity index (χ2v) is 8.24. The molecule has 7 nitrogen and oxygen atoms in total. The number of ether oxygens (including phenoxy) is 2. The molecule has 0 saturated carbocycles. The lowest BCUT2D eigenvalue weighted by molar-refractivity contribution is -0.137. The number of amides is 1. The monoisotopic (exact) mass is 504 g/mol. The number of anilines is 1. The van der Waals surface area contributed by atoms with Crippen molar-refractivity contribution in [3.63, 3.8) is 0 Å². The fourth-order valence-corrected chi connectivity index (χ4v) is 4.36. The van der Waals surface area contributed by atoms with Gasteiger partial charge >= 0.3 is 6.18 Å². The standard InChI is InChI=1S/C21H18ClF5N4O3/c22-14-5-10(21(25,26)27)7-29-17(14)18(32)30-11-1-2-15(24)12(6-11)20(9-23)13-8-33-4-3-16(13)34-19(28)31-20/h1-2,5-7,13,16H,3-4,8-9H2,(H2,28,31)(H,30,32)/t13-,16+,20+/m0/s1. The first kappa shape index (κ1) is 24.1. The van der Waals surface area contributed by atoms with E-state index in [-0.39, 0.29) is 23.9 Å². The molecule has 1 aromatic heterocycles. The van der Waals surface area contributed by atoms with Crippen LogP contribution in [0.3, 0.4) is 0 Å². The minimum atomic E-state index is -4.69. The van der Waals surface area contributed by atoms with Crippen LogP contribution in [-0.2, 0) is 21.2 Å². The van der Waals surface area contributed by atoms with Gasteiger partial charge in [-0.15, -0.1) is 0 Å². The van der Waals surface area contributed by atoms with Crippen molar-refractivity contribution < 1.29 is 36.2 Å². The predicted octanol–water partition coefficient (Wildman–Crippen LogP) is 4.06. The maximum atomic E-state index is 14.9. The first-order valence-electron chi connectivity index (χ1n) is 10.0. The zero-order valence-corrected chi connectivity index (χ0v) is 18.1. The first-order chi connectivity index (χ1) is 16.0. The molecule has 2 aromatic rings. The van der Waals surface area contributed by atoms with E-state index in [0.29, 0.717) is 25.3 Å². The van der Waals surface area contributed by atoms with Crippen LogP contribution in [0.25, 0.3) is 0 Å². The van der Waals surface area contributed by atoms with Gasteiger partial charge < -0.3 is 20.5 Å². The number of halogens is 6. The number of pyridine rings is 1. The fraction of sp³-hybridized carbons (Fsp3) is 0.381. The summed E-state index contributed by atoms with van der Waals surface area (Å²) < 4.78 is 78.9. The summed E-state index contributed by atoms with van der Waals surface area (Å²) in [6.07, 6.45) is -4.36. The number of nitrogens with two attached hydrogens (primary N) is 1. The van der Waals surface area contributed by atoms with E-state index in [1.165, 1.54) is 12.1 Å². The van der Waals surface area contributed by atoms with E-state index in [4.69, 9.17) is 26.8 Å². The van der Waals surface area contributed by atoms with Crippen LogP contribution in [0.5, 0.6) is 0 Å². The Morgan fingerprint density at radius 3 is 2.76 bits per heavy atom. The molecule has 3 N–H and O–H groups in total. The van der Waals surface area contributed by atoms with Gasteiger partial charge in [-0.25, -0.2) is 18.8 Å². The Balaban J connectivity index is 1.67. The van der Waals surface area contributed by atoms with Crippen molar-refractivity contribution in [2.45, 2.75) is 24.2 Å². The number of alkyl halides is 4. The Morgan fingerprint density at radius 2 is 2.09 bits per heavy atom. The average Bonchev–Trinajstić information content (AvgIpc) is 2.79. The number of carbonyl (C=O) groups is 1. The minimum absolute atomic E-state index is 0.0144. The van der Waals surface area contributed by atoms with E-state index in [2.05, 4.69) is 15.3 Å². The molecular formula is C21H18ClF5N4O3. The van der Waals surface area contributed by atoms with Crippen molar-refractivity contribution in [1.82, 2.24) is 4.98 Å². The Hall–Kier alpha value is -2.99. The fourth-order valence-electron chi connectivity index (χ4n) is 4.11. The number of rotatable bonds is 4. The lowest BCUT2D eigenvalue weighted by Gasteiger charge is -2.45. The number of nitrogens with one attached hydrogen (secondary N) is 1. The summed E-state index contributed by atoms with van der Waals surface area (Å²) in [5.41, 5.74) is 2.22. The molecule has 1 aromatic carbocycles. The third-order valence-electron chi connectivity index (χ3n) is 5.77. The van der Waals surface area contributed by atoms with Gasteiger partial charge in [0.25, 0.3) is 11.9 Å². The number of aromatic nitrogens is 1. The number of hydrogen-bond donors (Lipinski definition) is 2. The topological polar surface area (TPSA) is 98.8 Å². The molecule has 1 saturated heterocycles. The third kappa shape index (κ3) is 4.39. The number of fused-ring (bicyclic) bond motifs is 1. The van der Waals surface area contributed by atoms with Gasteiger partial charge in [0.05, 0.1) is 29.7 Å². The molecule has 0 unspecified atom stereocenters. The molecular weight excluding hydrogens is 487 g/mol. The van der Waals surface area contributed by atoms with Crippen LogP contribution in [0.4, 0.5) is 27.6 Å². The molecule has 182 valence electrons. The largest absolute Gasteiger partial charge is 0.462 e. The molecule has 0 aliphatic carbocycles. The quantitative estimate of drug-likeness (QED) is 0.612. The molecule has 34 heavy (non-hydrogen) atoms. The second-order valence-electron chi connectivity index (χ2n) is 7.84. The molecule has 0 spiro atoms. The van der Waals surface area contributed by atoms with Gasteiger partial charge in [-0.1, -0.05) is 11.6 Å². The summed E-state index contributed by atoms with van der Waals surface area (Å²) in [6, 6.07) is 3.65. The van der Waals surface area contributed by atoms with E-state index in [1.54, 1.807) is 0 Å². The van der Waals surface area contributed by atoms with Gasteiger partial charge in [0, 0.05) is 23.9 Å². The van der Waals surface area contributed by atoms with Gasteiger partial charge in [-0.05, 0) is 24.3 Å². The Morgan fingerprint density at radius 1 is 1.32 bits per heavy atom. The van der Waals surface area contributed by atoms with Crippen LogP contribution < -0.4 is 11.1 Å². The summed E-state index contributed by atoms with van der Waals surface area (Å²) in [7, 11) is 0. The lowest BCUT2D eigenvalue weighted by Crippen LogP contribution is -2.54. The summed E-state index contributed by atoms with van der Waals surface area (Å²) in [5, 5.41) is 1.86. The molecule has 1 fully saturated rings. The Kier molecular flexibility index (Phi) is 6.38. The maximum absolute atomic E-state index is 14.9. The molecule has 0 bridgehead atoms. The number of nitrogens with zero attached hydrogens (tertiary/aromatic N) is 2. The molecule has 3 atom stereocenters. The molecule has 2 aliphatic rings. The summed E-state index contributed by atoms with van der Waals surface area (Å²) in [4.78, 5) is 20.2. The zero-order valence-electron chi connectivity index (χ0n) is 17.3. The molecule has 4 rings (SSSR count). The van der Waals surface area contributed by atoms with Crippen molar-refractivity contribution in [3.8, 4) is 0 Å². The van der Waals surface area contributed by atoms with Crippen molar-refractivity contribution in [1.29, 1.82) is 0 Å². The highest BCUT2D eigenvalue weighted by molar-refractivity contribution is 6.34. The van der Waals surface area contributed by atoms with E-state index >= 15 is 0 Å². The Labute approximate surface area is 195 Å². The minimum Gasteiger partial charge on any atom is -0.462 e. The van der Waals surface area contributed by atoms with Crippen LogP contribution in [0.15, 0.2) is 35.5 Å². The number of benzene rings is 1. The van der Waals surface area contributed by atoms with Gasteiger partial charge in [0.2, 0.25) is 0 Å². The van der Waals surface area contributed by atoms with Crippen LogP contribution in [0.2, 0.25) is 5.02 Å². The Bertz CT molecular complexity index is 1150. The summed E-state index contributed by atoms with van der Waals surface area (Å²) >= 11 is 5.82. The highest BCUT2D eigenvalue weighted by Crippen LogP contribution is 2.44. The number of amidine groups is 1. The van der Waals surface area contributed by atoms with Crippen LogP contribution in [0, 0.1) is 11.7 Å².